The molecule has 0 amide bonds. The predicted molar refractivity (Wildman–Crippen MR) is 91.0 cm³/mol. The van der Waals surface area contributed by atoms with Gasteiger partial charge in [-0.15, -0.1) is 11.8 Å². The molecule has 1 N–H and O–H groups in total. The normalized spacial score (nSPS) is 11.7. The van der Waals surface area contributed by atoms with Crippen LogP contribution in [0.25, 0.3) is 0 Å². The fraction of sp³-hybridized carbons (Fsp3) is 0.235. The molecule has 0 heterocycles. The van der Waals surface area contributed by atoms with Gasteiger partial charge in [0.25, 0.3) is 0 Å². The molecular formula is C17H17ClN2S. The lowest BCUT2D eigenvalue weighted by molar-refractivity contribution is 0.883. The van der Waals surface area contributed by atoms with Crippen LogP contribution in [0.4, 0.5) is 5.69 Å². The van der Waals surface area contributed by atoms with E-state index in [1.165, 1.54) is 0 Å². The van der Waals surface area contributed by atoms with Crippen LogP contribution in [0.3, 0.4) is 0 Å². The number of nitriles is 1. The van der Waals surface area contributed by atoms with Crippen LogP contribution in [-0.4, -0.2) is 5.75 Å². The number of hydrogen-bond acceptors (Lipinski definition) is 3. The number of benzene rings is 2. The molecule has 0 aliphatic heterocycles. The van der Waals surface area contributed by atoms with Crippen molar-refractivity contribution in [1.82, 2.24) is 0 Å². The van der Waals surface area contributed by atoms with Crippen LogP contribution >= 0.6 is 23.4 Å². The zero-order chi connectivity index (χ0) is 15.2. The highest BCUT2D eigenvalue weighted by molar-refractivity contribution is 7.99. The zero-order valence-corrected chi connectivity index (χ0v) is 13.6. The SMILES string of the molecule is CCSc1cccc(NC(C)c2ccc(Cl)cc2)c1C#N. The smallest absolute Gasteiger partial charge is 0.102 e. The van der Waals surface area contributed by atoms with E-state index in [9.17, 15) is 5.26 Å². The van der Waals surface area contributed by atoms with Crippen molar-refractivity contribution in [3.05, 3.63) is 58.6 Å². The van der Waals surface area contributed by atoms with Gasteiger partial charge in [0.05, 0.1) is 11.3 Å². The molecule has 0 aliphatic carbocycles. The van der Waals surface area contributed by atoms with E-state index >= 15 is 0 Å². The molecule has 0 spiro atoms. The van der Waals surface area contributed by atoms with Gasteiger partial charge in [-0.25, -0.2) is 0 Å². The average Bonchev–Trinajstić information content (AvgIpc) is 2.48. The Morgan fingerprint density at radius 3 is 2.57 bits per heavy atom. The molecule has 2 nitrogen and oxygen atoms in total. The molecule has 2 rings (SSSR count). The Hall–Kier alpha value is -1.63. The van der Waals surface area contributed by atoms with Gasteiger partial charge in [0.15, 0.2) is 0 Å². The second kappa shape index (κ2) is 7.40. The summed E-state index contributed by atoms with van der Waals surface area (Å²) in [6.45, 7) is 4.16. The monoisotopic (exact) mass is 316 g/mol. The third-order valence-electron chi connectivity index (χ3n) is 3.18. The Kier molecular flexibility index (Phi) is 5.55. The number of hydrogen-bond donors (Lipinski definition) is 1. The molecule has 0 aliphatic rings. The minimum Gasteiger partial charge on any atom is -0.377 e. The van der Waals surface area contributed by atoms with E-state index in [0.717, 1.165) is 26.9 Å². The number of rotatable bonds is 5. The summed E-state index contributed by atoms with van der Waals surface area (Å²) in [4.78, 5) is 1.02. The standard InChI is InChI=1S/C17H17ClN2S/c1-3-21-17-6-4-5-16(15(17)11-19)20-12(2)13-7-9-14(18)10-8-13/h4-10,12,20H,3H2,1-2H3. The molecule has 0 saturated carbocycles. The van der Waals surface area contributed by atoms with Gasteiger partial charge in [-0.3, -0.25) is 0 Å². The molecule has 0 radical (unpaired) electrons. The minimum absolute atomic E-state index is 0.108. The molecule has 2 aromatic rings. The molecule has 0 fully saturated rings. The second-order valence-corrected chi connectivity index (χ2v) is 6.38. The van der Waals surface area contributed by atoms with Gasteiger partial charge >= 0.3 is 0 Å². The lowest BCUT2D eigenvalue weighted by Crippen LogP contribution is -2.08. The highest BCUT2D eigenvalue weighted by Crippen LogP contribution is 2.30. The van der Waals surface area contributed by atoms with Crippen molar-refractivity contribution in [1.29, 1.82) is 5.26 Å². The maximum Gasteiger partial charge on any atom is 0.102 e. The van der Waals surface area contributed by atoms with E-state index < -0.39 is 0 Å². The summed E-state index contributed by atoms with van der Waals surface area (Å²) in [5.74, 6) is 0.949. The molecular weight excluding hydrogens is 300 g/mol. The highest BCUT2D eigenvalue weighted by Gasteiger charge is 2.11. The van der Waals surface area contributed by atoms with Crippen LogP contribution in [-0.2, 0) is 0 Å². The van der Waals surface area contributed by atoms with E-state index in [0.29, 0.717) is 5.56 Å². The topological polar surface area (TPSA) is 35.8 Å². The number of halogens is 1. The molecule has 0 saturated heterocycles. The second-order valence-electron chi connectivity index (χ2n) is 4.64. The third kappa shape index (κ3) is 3.93. The molecule has 0 bridgehead atoms. The van der Waals surface area contributed by atoms with E-state index in [1.807, 2.05) is 42.5 Å². The molecule has 1 atom stereocenters. The zero-order valence-electron chi connectivity index (χ0n) is 12.1. The Morgan fingerprint density at radius 1 is 1.24 bits per heavy atom. The number of nitrogens with zero attached hydrogens (tertiary/aromatic N) is 1. The Balaban J connectivity index is 2.25. The average molecular weight is 317 g/mol. The van der Waals surface area contributed by atoms with E-state index in [-0.39, 0.29) is 6.04 Å². The number of thioether (sulfide) groups is 1. The quantitative estimate of drug-likeness (QED) is 0.740. The first kappa shape index (κ1) is 15.8. The van der Waals surface area contributed by atoms with Crippen molar-refractivity contribution < 1.29 is 0 Å². The lowest BCUT2D eigenvalue weighted by atomic mass is 10.1. The fourth-order valence-corrected chi connectivity index (χ4v) is 3.02. The van der Waals surface area contributed by atoms with Crippen molar-refractivity contribution in [3.8, 4) is 6.07 Å². The summed E-state index contributed by atoms with van der Waals surface area (Å²) in [6.07, 6.45) is 0. The highest BCUT2D eigenvalue weighted by atomic mass is 35.5. The predicted octanol–water partition coefficient (Wildman–Crippen LogP) is 5.50. The van der Waals surface area contributed by atoms with Gasteiger partial charge in [0.1, 0.15) is 6.07 Å². The minimum atomic E-state index is 0.108. The van der Waals surface area contributed by atoms with Crippen molar-refractivity contribution >= 4 is 29.1 Å². The maximum atomic E-state index is 9.42. The first-order valence-electron chi connectivity index (χ1n) is 6.83. The van der Waals surface area contributed by atoms with Gasteiger partial charge in [-0.1, -0.05) is 36.7 Å². The maximum absolute atomic E-state index is 9.42. The summed E-state index contributed by atoms with van der Waals surface area (Å²) < 4.78 is 0. The van der Waals surface area contributed by atoms with Gasteiger partial charge in [0.2, 0.25) is 0 Å². The molecule has 4 heteroatoms. The van der Waals surface area contributed by atoms with Crippen LogP contribution in [0.15, 0.2) is 47.4 Å². The van der Waals surface area contributed by atoms with Crippen molar-refractivity contribution in [2.75, 3.05) is 11.1 Å². The Labute approximate surface area is 135 Å². The Bertz CT molecular complexity index is 647. The first-order valence-corrected chi connectivity index (χ1v) is 8.20. The van der Waals surface area contributed by atoms with Gasteiger partial charge < -0.3 is 5.32 Å². The number of anilines is 1. The van der Waals surface area contributed by atoms with Crippen molar-refractivity contribution in [3.63, 3.8) is 0 Å². The van der Waals surface area contributed by atoms with Crippen LogP contribution < -0.4 is 5.32 Å². The molecule has 2 aromatic carbocycles. The summed E-state index contributed by atoms with van der Waals surface area (Å²) in [6, 6.07) is 16.1. The summed E-state index contributed by atoms with van der Waals surface area (Å²) >= 11 is 7.60. The van der Waals surface area contributed by atoms with E-state index in [4.69, 9.17) is 11.6 Å². The third-order valence-corrected chi connectivity index (χ3v) is 4.37. The molecule has 21 heavy (non-hydrogen) atoms. The molecule has 0 aromatic heterocycles. The van der Waals surface area contributed by atoms with E-state index in [1.54, 1.807) is 11.8 Å². The summed E-state index contributed by atoms with van der Waals surface area (Å²) in [5.41, 5.74) is 2.72. The van der Waals surface area contributed by atoms with E-state index in [2.05, 4.69) is 25.2 Å². The Morgan fingerprint density at radius 2 is 1.95 bits per heavy atom. The van der Waals surface area contributed by atoms with Crippen LogP contribution in [0.2, 0.25) is 5.02 Å². The van der Waals surface area contributed by atoms with Crippen LogP contribution in [0, 0.1) is 11.3 Å². The van der Waals surface area contributed by atoms with Gasteiger partial charge in [-0.05, 0) is 42.5 Å². The van der Waals surface area contributed by atoms with Crippen molar-refractivity contribution in [2.24, 2.45) is 0 Å². The van der Waals surface area contributed by atoms with Gasteiger partial charge in [-0.2, -0.15) is 5.26 Å². The van der Waals surface area contributed by atoms with Crippen LogP contribution in [0.1, 0.15) is 31.0 Å². The first-order chi connectivity index (χ1) is 10.2. The van der Waals surface area contributed by atoms with Crippen molar-refractivity contribution in [2.45, 2.75) is 24.8 Å². The fourth-order valence-electron chi connectivity index (χ4n) is 2.11. The molecule has 1 unspecified atom stereocenters. The lowest BCUT2D eigenvalue weighted by Gasteiger charge is -2.18. The molecule has 108 valence electrons. The summed E-state index contributed by atoms with van der Waals surface area (Å²) in [7, 11) is 0. The van der Waals surface area contributed by atoms with Crippen LogP contribution in [0.5, 0.6) is 0 Å². The summed E-state index contributed by atoms with van der Waals surface area (Å²) in [5, 5.41) is 13.6. The largest absolute Gasteiger partial charge is 0.377 e. The number of nitrogens with one attached hydrogen (secondary N) is 1. The van der Waals surface area contributed by atoms with Gasteiger partial charge in [0, 0.05) is 16.0 Å².